The van der Waals surface area contributed by atoms with Crippen molar-refractivity contribution in [1.29, 1.82) is 5.26 Å². The fourth-order valence-electron chi connectivity index (χ4n) is 1.49. The normalized spacial score (nSPS) is 12.3. The highest BCUT2D eigenvalue weighted by molar-refractivity contribution is 6.18. The van der Waals surface area contributed by atoms with E-state index in [-0.39, 0.29) is 11.8 Å². The third kappa shape index (κ3) is 1.77. The fourth-order valence-corrected chi connectivity index (χ4v) is 1.73. The number of rotatable bonds is 2. The zero-order valence-electron chi connectivity index (χ0n) is 7.89. The average molecular weight is 218 g/mol. The molecule has 0 N–H and O–H groups in total. The molecule has 0 fully saturated rings. The Bertz CT molecular complexity index is 513. The van der Waals surface area contributed by atoms with Crippen molar-refractivity contribution in [3.05, 3.63) is 36.0 Å². The molecule has 4 heteroatoms. The summed E-state index contributed by atoms with van der Waals surface area (Å²) in [4.78, 5) is 0. The van der Waals surface area contributed by atoms with Crippen molar-refractivity contribution >= 4 is 22.5 Å². The van der Waals surface area contributed by atoms with Gasteiger partial charge in [0.1, 0.15) is 0 Å². The summed E-state index contributed by atoms with van der Waals surface area (Å²) in [5.74, 6) is -0.0568. The Morgan fingerprint density at radius 2 is 2.20 bits per heavy atom. The van der Waals surface area contributed by atoms with Crippen molar-refractivity contribution in [1.82, 2.24) is 10.2 Å². The molecule has 3 nitrogen and oxygen atoms in total. The Hall–Kier alpha value is -1.66. The lowest BCUT2D eigenvalue weighted by molar-refractivity contribution is 0.958. The van der Waals surface area contributed by atoms with E-state index in [1.54, 1.807) is 6.20 Å². The second-order valence-electron chi connectivity index (χ2n) is 3.15. The standard InChI is InChI=1S/C11H8ClN3/c12-5-8(6-13)10-7-14-15-11-4-2-1-3-9(10)11/h1-4,7-8H,5H2. The van der Waals surface area contributed by atoms with E-state index in [2.05, 4.69) is 16.3 Å². The Balaban J connectivity index is 2.66. The zero-order valence-corrected chi connectivity index (χ0v) is 8.65. The number of hydrogen-bond donors (Lipinski definition) is 0. The molecular formula is C11H8ClN3. The van der Waals surface area contributed by atoms with Crippen LogP contribution in [-0.4, -0.2) is 16.1 Å². The quantitative estimate of drug-likeness (QED) is 0.727. The molecule has 1 aromatic carbocycles. The molecule has 15 heavy (non-hydrogen) atoms. The number of fused-ring (bicyclic) bond motifs is 1. The van der Waals surface area contributed by atoms with Gasteiger partial charge in [-0.05, 0) is 6.07 Å². The smallest absolute Gasteiger partial charge is 0.0932 e. The fraction of sp³-hybridized carbons (Fsp3) is 0.182. The van der Waals surface area contributed by atoms with Crippen LogP contribution in [0, 0.1) is 11.3 Å². The Morgan fingerprint density at radius 1 is 1.40 bits per heavy atom. The maximum absolute atomic E-state index is 8.96. The van der Waals surface area contributed by atoms with Gasteiger partial charge in [0, 0.05) is 16.8 Å². The van der Waals surface area contributed by atoms with E-state index in [0.717, 1.165) is 16.5 Å². The molecule has 1 unspecified atom stereocenters. The highest BCUT2D eigenvalue weighted by Crippen LogP contribution is 2.23. The van der Waals surface area contributed by atoms with Crippen LogP contribution in [0.2, 0.25) is 0 Å². The van der Waals surface area contributed by atoms with Crippen molar-refractivity contribution in [2.45, 2.75) is 5.92 Å². The van der Waals surface area contributed by atoms with Crippen LogP contribution in [0.4, 0.5) is 0 Å². The molecule has 0 saturated carbocycles. The molecule has 1 atom stereocenters. The highest BCUT2D eigenvalue weighted by Gasteiger charge is 2.13. The van der Waals surface area contributed by atoms with Crippen LogP contribution in [0.25, 0.3) is 10.9 Å². The van der Waals surface area contributed by atoms with Gasteiger partial charge in [0.2, 0.25) is 0 Å². The molecule has 0 amide bonds. The van der Waals surface area contributed by atoms with Crippen molar-refractivity contribution in [3.63, 3.8) is 0 Å². The number of nitrogens with zero attached hydrogens (tertiary/aromatic N) is 3. The number of aromatic nitrogens is 2. The third-order valence-electron chi connectivity index (χ3n) is 2.26. The maximum Gasteiger partial charge on any atom is 0.0932 e. The van der Waals surface area contributed by atoms with Gasteiger partial charge in [0.25, 0.3) is 0 Å². The van der Waals surface area contributed by atoms with E-state index in [4.69, 9.17) is 16.9 Å². The molecule has 2 aromatic rings. The first-order valence-corrected chi connectivity index (χ1v) is 5.06. The second kappa shape index (κ2) is 4.24. The van der Waals surface area contributed by atoms with Gasteiger partial charge in [-0.25, -0.2) is 0 Å². The topological polar surface area (TPSA) is 49.6 Å². The van der Waals surface area contributed by atoms with Gasteiger partial charge in [-0.15, -0.1) is 11.6 Å². The third-order valence-corrected chi connectivity index (χ3v) is 2.57. The predicted molar refractivity (Wildman–Crippen MR) is 58.6 cm³/mol. The molecule has 1 aromatic heterocycles. The van der Waals surface area contributed by atoms with Gasteiger partial charge in [-0.3, -0.25) is 0 Å². The summed E-state index contributed by atoms with van der Waals surface area (Å²) in [5.41, 5.74) is 1.64. The van der Waals surface area contributed by atoms with E-state index in [1.807, 2.05) is 24.3 Å². The van der Waals surface area contributed by atoms with Gasteiger partial charge < -0.3 is 0 Å². The van der Waals surface area contributed by atoms with Gasteiger partial charge in [-0.2, -0.15) is 15.5 Å². The van der Waals surface area contributed by atoms with Gasteiger partial charge in [0.05, 0.1) is 23.7 Å². The van der Waals surface area contributed by atoms with E-state index in [0.29, 0.717) is 0 Å². The molecule has 0 radical (unpaired) electrons. The summed E-state index contributed by atoms with van der Waals surface area (Å²) in [7, 11) is 0. The number of nitriles is 1. The monoisotopic (exact) mass is 217 g/mol. The van der Waals surface area contributed by atoms with E-state index in [9.17, 15) is 0 Å². The molecule has 1 heterocycles. The van der Waals surface area contributed by atoms with Gasteiger partial charge in [0.15, 0.2) is 0 Å². The zero-order chi connectivity index (χ0) is 10.7. The van der Waals surface area contributed by atoms with Crippen LogP contribution < -0.4 is 0 Å². The average Bonchev–Trinajstić information content (AvgIpc) is 2.31. The van der Waals surface area contributed by atoms with Crippen molar-refractivity contribution in [2.24, 2.45) is 0 Å². The number of hydrogen-bond acceptors (Lipinski definition) is 3. The van der Waals surface area contributed by atoms with Crippen LogP contribution >= 0.6 is 11.6 Å². The molecule has 0 bridgehead atoms. The SMILES string of the molecule is N#CC(CCl)c1cnnc2ccccc12. The minimum Gasteiger partial charge on any atom is -0.198 e. The Morgan fingerprint density at radius 3 is 2.93 bits per heavy atom. The molecule has 0 aliphatic rings. The van der Waals surface area contributed by atoms with E-state index < -0.39 is 0 Å². The van der Waals surface area contributed by atoms with Crippen molar-refractivity contribution < 1.29 is 0 Å². The first kappa shape index (κ1) is 9.88. The van der Waals surface area contributed by atoms with E-state index >= 15 is 0 Å². The maximum atomic E-state index is 8.96. The summed E-state index contributed by atoms with van der Waals surface area (Å²) in [6.07, 6.45) is 1.61. The first-order chi connectivity index (χ1) is 7.36. The van der Waals surface area contributed by atoms with Crippen molar-refractivity contribution in [2.75, 3.05) is 5.88 Å². The van der Waals surface area contributed by atoms with Crippen LogP contribution in [0.1, 0.15) is 11.5 Å². The largest absolute Gasteiger partial charge is 0.198 e. The molecule has 0 saturated heterocycles. The molecule has 2 rings (SSSR count). The van der Waals surface area contributed by atoms with Crippen LogP contribution in [-0.2, 0) is 0 Å². The van der Waals surface area contributed by atoms with Gasteiger partial charge >= 0.3 is 0 Å². The minimum atomic E-state index is -0.327. The van der Waals surface area contributed by atoms with Crippen molar-refractivity contribution in [3.8, 4) is 6.07 Å². The predicted octanol–water partition coefficient (Wildman–Crippen LogP) is 2.48. The number of alkyl halides is 1. The summed E-state index contributed by atoms with van der Waals surface area (Å²) in [5, 5.41) is 17.8. The summed E-state index contributed by atoms with van der Waals surface area (Å²) in [6.45, 7) is 0. The lowest BCUT2D eigenvalue weighted by Crippen LogP contribution is -2.00. The summed E-state index contributed by atoms with van der Waals surface area (Å²) < 4.78 is 0. The van der Waals surface area contributed by atoms with Gasteiger partial charge in [-0.1, -0.05) is 18.2 Å². The molecule has 0 aliphatic carbocycles. The summed E-state index contributed by atoms with van der Waals surface area (Å²) in [6, 6.07) is 9.76. The summed E-state index contributed by atoms with van der Waals surface area (Å²) >= 11 is 5.73. The lowest BCUT2D eigenvalue weighted by Gasteiger charge is -2.07. The van der Waals surface area contributed by atoms with Crippen LogP contribution in [0.3, 0.4) is 0 Å². The first-order valence-electron chi connectivity index (χ1n) is 4.52. The lowest BCUT2D eigenvalue weighted by atomic mass is 10.0. The Kier molecular flexibility index (Phi) is 2.79. The van der Waals surface area contributed by atoms with E-state index in [1.165, 1.54) is 0 Å². The second-order valence-corrected chi connectivity index (χ2v) is 3.46. The minimum absolute atomic E-state index is 0.270. The molecular weight excluding hydrogens is 210 g/mol. The molecule has 0 spiro atoms. The number of halogens is 1. The molecule has 74 valence electrons. The Labute approximate surface area is 92.3 Å². The number of benzene rings is 1. The van der Waals surface area contributed by atoms with Crippen LogP contribution in [0.5, 0.6) is 0 Å². The molecule has 0 aliphatic heterocycles. The highest BCUT2D eigenvalue weighted by atomic mass is 35.5. The van der Waals surface area contributed by atoms with Crippen LogP contribution in [0.15, 0.2) is 30.5 Å².